The van der Waals surface area contributed by atoms with Crippen LogP contribution in [0.15, 0.2) is 75.1 Å². The van der Waals surface area contributed by atoms with Crippen LogP contribution in [0.25, 0.3) is 22.6 Å². The Balaban J connectivity index is 1.51. The molecule has 0 bridgehead atoms. The van der Waals surface area contributed by atoms with Crippen LogP contribution in [-0.2, 0) is 5.75 Å². The molecule has 0 aliphatic heterocycles. The van der Waals surface area contributed by atoms with E-state index in [1.54, 1.807) is 0 Å². The monoisotopic (exact) mass is 376 g/mol. The molecule has 0 unspecified atom stereocenters. The molecule has 27 heavy (non-hydrogen) atoms. The molecule has 4 aromatic rings. The number of aromatic nitrogens is 4. The minimum absolute atomic E-state index is 0.197. The lowest BCUT2D eigenvalue weighted by molar-refractivity contribution is 0.391. The first kappa shape index (κ1) is 17.2. The Morgan fingerprint density at radius 1 is 1.00 bits per heavy atom. The molecule has 134 valence electrons. The van der Waals surface area contributed by atoms with Gasteiger partial charge in [-0.1, -0.05) is 71.0 Å². The third-order valence-electron chi connectivity index (χ3n) is 3.87. The SMILES string of the molecule is Cc1cccc(-c2noc(CSc3nc(-c4ccccc4)cc(=O)[nH]3)n2)c1. The largest absolute Gasteiger partial charge is 0.338 e. The zero-order valence-corrected chi connectivity index (χ0v) is 15.4. The van der Waals surface area contributed by atoms with Gasteiger partial charge in [-0.3, -0.25) is 4.79 Å². The van der Waals surface area contributed by atoms with Gasteiger partial charge < -0.3 is 9.51 Å². The van der Waals surface area contributed by atoms with Crippen molar-refractivity contribution in [1.29, 1.82) is 0 Å². The summed E-state index contributed by atoms with van der Waals surface area (Å²) in [7, 11) is 0. The smallest absolute Gasteiger partial charge is 0.252 e. The van der Waals surface area contributed by atoms with Crippen molar-refractivity contribution in [2.24, 2.45) is 0 Å². The second-order valence-electron chi connectivity index (χ2n) is 5.97. The molecule has 2 aromatic heterocycles. The molecular weight excluding hydrogens is 360 g/mol. The first-order valence-corrected chi connectivity index (χ1v) is 9.35. The van der Waals surface area contributed by atoms with Gasteiger partial charge in [-0.2, -0.15) is 4.98 Å². The molecule has 0 atom stereocenters. The molecule has 0 saturated heterocycles. The second kappa shape index (κ2) is 7.59. The van der Waals surface area contributed by atoms with E-state index in [2.05, 4.69) is 20.1 Å². The van der Waals surface area contributed by atoms with Gasteiger partial charge in [0.05, 0.1) is 11.4 Å². The fraction of sp³-hybridized carbons (Fsp3) is 0.100. The van der Waals surface area contributed by atoms with E-state index in [4.69, 9.17) is 4.52 Å². The van der Waals surface area contributed by atoms with Crippen LogP contribution in [0.1, 0.15) is 11.5 Å². The van der Waals surface area contributed by atoms with Gasteiger partial charge in [0.1, 0.15) is 0 Å². The van der Waals surface area contributed by atoms with E-state index >= 15 is 0 Å². The molecule has 0 aliphatic rings. The third kappa shape index (κ3) is 4.15. The maximum Gasteiger partial charge on any atom is 0.252 e. The topological polar surface area (TPSA) is 84.7 Å². The van der Waals surface area contributed by atoms with E-state index < -0.39 is 0 Å². The van der Waals surface area contributed by atoms with Crippen LogP contribution >= 0.6 is 11.8 Å². The number of aryl methyl sites for hydroxylation is 1. The first-order valence-electron chi connectivity index (χ1n) is 8.36. The molecule has 4 rings (SSSR count). The number of rotatable bonds is 5. The predicted octanol–water partition coefficient (Wildman–Crippen LogP) is 4.09. The van der Waals surface area contributed by atoms with Crippen molar-refractivity contribution in [2.75, 3.05) is 0 Å². The Hall–Kier alpha value is -3.19. The van der Waals surface area contributed by atoms with E-state index in [1.807, 2.05) is 61.5 Å². The van der Waals surface area contributed by atoms with Crippen molar-refractivity contribution in [2.45, 2.75) is 17.8 Å². The van der Waals surface area contributed by atoms with Gasteiger partial charge in [-0.05, 0) is 13.0 Å². The Labute approximate surface area is 159 Å². The molecule has 0 spiro atoms. The van der Waals surface area contributed by atoms with Gasteiger partial charge in [0, 0.05) is 17.2 Å². The highest BCUT2D eigenvalue weighted by molar-refractivity contribution is 7.98. The van der Waals surface area contributed by atoms with Crippen LogP contribution in [0.3, 0.4) is 0 Å². The molecule has 2 aromatic carbocycles. The molecular formula is C20H16N4O2S. The summed E-state index contributed by atoms with van der Waals surface area (Å²) in [5.41, 5.74) is 3.37. The summed E-state index contributed by atoms with van der Waals surface area (Å²) < 4.78 is 5.32. The number of hydrogen-bond acceptors (Lipinski definition) is 6. The van der Waals surface area contributed by atoms with Gasteiger partial charge in [-0.25, -0.2) is 4.98 Å². The van der Waals surface area contributed by atoms with Crippen molar-refractivity contribution in [3.63, 3.8) is 0 Å². The van der Waals surface area contributed by atoms with E-state index in [1.165, 1.54) is 17.8 Å². The normalized spacial score (nSPS) is 10.9. The minimum atomic E-state index is -0.197. The number of H-pyrrole nitrogens is 1. The second-order valence-corrected chi connectivity index (χ2v) is 6.94. The average molecular weight is 376 g/mol. The van der Waals surface area contributed by atoms with Crippen LogP contribution in [0, 0.1) is 6.92 Å². The highest BCUT2D eigenvalue weighted by atomic mass is 32.2. The van der Waals surface area contributed by atoms with Crippen molar-refractivity contribution in [3.8, 4) is 22.6 Å². The number of nitrogens with one attached hydrogen (secondary N) is 1. The zero-order valence-electron chi connectivity index (χ0n) is 14.5. The van der Waals surface area contributed by atoms with E-state index in [0.717, 1.165) is 16.7 Å². The first-order chi connectivity index (χ1) is 13.2. The molecule has 7 heteroatoms. The van der Waals surface area contributed by atoms with Crippen LogP contribution in [0.2, 0.25) is 0 Å². The predicted molar refractivity (Wildman–Crippen MR) is 104 cm³/mol. The highest BCUT2D eigenvalue weighted by Crippen LogP contribution is 2.23. The van der Waals surface area contributed by atoms with E-state index in [0.29, 0.717) is 28.3 Å². The molecule has 0 radical (unpaired) electrons. The average Bonchev–Trinajstić information content (AvgIpc) is 3.16. The molecule has 1 N–H and O–H groups in total. The summed E-state index contributed by atoms with van der Waals surface area (Å²) in [6.45, 7) is 2.02. The quantitative estimate of drug-likeness (QED) is 0.417. The van der Waals surface area contributed by atoms with Gasteiger partial charge >= 0.3 is 0 Å². The highest BCUT2D eigenvalue weighted by Gasteiger charge is 2.11. The molecule has 0 fully saturated rings. The number of nitrogens with zero attached hydrogens (tertiary/aromatic N) is 3. The van der Waals surface area contributed by atoms with Crippen LogP contribution in [0.5, 0.6) is 0 Å². The third-order valence-corrected chi connectivity index (χ3v) is 4.72. The standard InChI is InChI=1S/C20H16N4O2S/c1-13-6-5-9-15(10-13)19-23-18(26-24-19)12-27-20-21-16(11-17(25)22-20)14-7-3-2-4-8-14/h2-11H,12H2,1H3,(H,21,22,25). The summed E-state index contributed by atoms with van der Waals surface area (Å²) in [6, 6.07) is 19.0. The number of benzene rings is 2. The van der Waals surface area contributed by atoms with Crippen molar-refractivity contribution < 1.29 is 4.52 Å². The molecule has 0 amide bonds. The van der Waals surface area contributed by atoms with Gasteiger partial charge in [0.2, 0.25) is 11.7 Å². The Morgan fingerprint density at radius 2 is 1.81 bits per heavy atom. The molecule has 2 heterocycles. The fourth-order valence-electron chi connectivity index (χ4n) is 2.61. The lowest BCUT2D eigenvalue weighted by atomic mass is 10.1. The van der Waals surface area contributed by atoms with Crippen molar-refractivity contribution in [3.05, 3.63) is 82.5 Å². The molecule has 0 aliphatic carbocycles. The summed E-state index contributed by atoms with van der Waals surface area (Å²) in [4.78, 5) is 23.6. The van der Waals surface area contributed by atoms with E-state index in [-0.39, 0.29) is 5.56 Å². The van der Waals surface area contributed by atoms with Crippen LogP contribution in [0.4, 0.5) is 0 Å². The Morgan fingerprint density at radius 3 is 2.63 bits per heavy atom. The minimum Gasteiger partial charge on any atom is -0.338 e. The van der Waals surface area contributed by atoms with Gasteiger partial charge in [0.15, 0.2) is 5.16 Å². The molecule has 0 saturated carbocycles. The number of aromatic amines is 1. The maximum atomic E-state index is 12.0. The summed E-state index contributed by atoms with van der Waals surface area (Å²) in [5, 5.41) is 4.54. The molecule has 6 nitrogen and oxygen atoms in total. The number of thioether (sulfide) groups is 1. The summed E-state index contributed by atoms with van der Waals surface area (Å²) in [5.74, 6) is 1.44. The Bertz CT molecular complexity index is 1120. The van der Waals surface area contributed by atoms with Crippen LogP contribution in [-0.4, -0.2) is 20.1 Å². The van der Waals surface area contributed by atoms with Crippen molar-refractivity contribution >= 4 is 11.8 Å². The lowest BCUT2D eigenvalue weighted by Gasteiger charge is -2.03. The van der Waals surface area contributed by atoms with E-state index in [9.17, 15) is 4.79 Å². The van der Waals surface area contributed by atoms with Gasteiger partial charge in [-0.15, -0.1) is 0 Å². The maximum absolute atomic E-state index is 12.0. The fourth-order valence-corrected chi connectivity index (χ4v) is 3.32. The van der Waals surface area contributed by atoms with Crippen LogP contribution < -0.4 is 5.56 Å². The van der Waals surface area contributed by atoms with Crippen molar-refractivity contribution in [1.82, 2.24) is 20.1 Å². The van der Waals surface area contributed by atoms with Gasteiger partial charge in [0.25, 0.3) is 5.56 Å². The zero-order chi connectivity index (χ0) is 18.6. The summed E-state index contributed by atoms with van der Waals surface area (Å²) in [6.07, 6.45) is 0. The Kier molecular flexibility index (Phi) is 4.84. The lowest BCUT2D eigenvalue weighted by Crippen LogP contribution is -2.08. The summed E-state index contributed by atoms with van der Waals surface area (Å²) >= 11 is 1.35. The number of hydrogen-bond donors (Lipinski definition) is 1.